The first-order valence-electron chi connectivity index (χ1n) is 6.73. The Bertz CT molecular complexity index is 463. The Morgan fingerprint density at radius 1 is 1.25 bits per heavy atom. The van der Waals surface area contributed by atoms with E-state index in [0.717, 1.165) is 6.07 Å². The van der Waals surface area contributed by atoms with Gasteiger partial charge < -0.3 is 5.32 Å². The first-order valence-corrected chi connectivity index (χ1v) is 6.73. The Hall–Kier alpha value is -1.49. The molecule has 0 bridgehead atoms. The summed E-state index contributed by atoms with van der Waals surface area (Å²) < 4.78 is 26.0. The molecule has 112 valence electrons. The summed E-state index contributed by atoms with van der Waals surface area (Å²) in [6, 6.07) is 4.11. The van der Waals surface area contributed by atoms with Crippen LogP contribution in [0.3, 0.4) is 0 Å². The van der Waals surface area contributed by atoms with Crippen molar-refractivity contribution in [2.45, 2.75) is 32.7 Å². The minimum atomic E-state index is -0.861. The predicted octanol–water partition coefficient (Wildman–Crippen LogP) is 2.52. The normalized spacial score (nSPS) is 12.8. The van der Waals surface area contributed by atoms with Gasteiger partial charge in [0.05, 0.1) is 6.54 Å². The number of nitrogens with zero attached hydrogens (tertiary/aromatic N) is 1. The van der Waals surface area contributed by atoms with Crippen LogP contribution in [0.25, 0.3) is 0 Å². The molecule has 3 nitrogen and oxygen atoms in total. The molecule has 0 heterocycles. The van der Waals surface area contributed by atoms with Crippen molar-refractivity contribution in [2.24, 2.45) is 0 Å². The number of hydrogen-bond donors (Lipinski definition) is 1. The zero-order valence-electron chi connectivity index (χ0n) is 12.4. The summed E-state index contributed by atoms with van der Waals surface area (Å²) >= 11 is 0. The van der Waals surface area contributed by atoms with E-state index in [2.05, 4.69) is 5.32 Å². The van der Waals surface area contributed by atoms with Crippen LogP contribution in [-0.4, -0.2) is 37.0 Å². The number of carbonyl (C=O) groups is 1. The molecule has 0 unspecified atom stereocenters. The molecule has 0 aromatic heterocycles. The first-order chi connectivity index (χ1) is 9.31. The van der Waals surface area contributed by atoms with E-state index < -0.39 is 11.6 Å². The molecule has 1 rings (SSSR count). The van der Waals surface area contributed by atoms with Crippen LogP contribution < -0.4 is 5.32 Å². The second kappa shape index (κ2) is 7.33. The van der Waals surface area contributed by atoms with Gasteiger partial charge in [-0.3, -0.25) is 9.69 Å². The van der Waals surface area contributed by atoms with Gasteiger partial charge in [0.2, 0.25) is 5.91 Å². The Balaban J connectivity index is 2.48. The van der Waals surface area contributed by atoms with E-state index in [0.29, 0.717) is 24.7 Å². The molecule has 0 spiro atoms. The van der Waals surface area contributed by atoms with Crippen molar-refractivity contribution < 1.29 is 13.6 Å². The average molecular weight is 284 g/mol. The van der Waals surface area contributed by atoms with Crippen LogP contribution in [0.1, 0.15) is 32.3 Å². The largest absolute Gasteiger partial charge is 0.354 e. The van der Waals surface area contributed by atoms with Gasteiger partial charge in [0, 0.05) is 12.6 Å². The third-order valence-electron chi connectivity index (χ3n) is 3.39. The standard InChI is InChI=1S/C15H22F2N2O/c1-10(2)19(4)9-15(20)18-8-11(3)12-5-6-13(16)14(17)7-12/h5-7,10-11H,8-9H2,1-4H3,(H,18,20)/t11-/m1/s1. The van der Waals surface area contributed by atoms with E-state index >= 15 is 0 Å². The van der Waals surface area contributed by atoms with Crippen molar-refractivity contribution in [3.63, 3.8) is 0 Å². The molecule has 1 N–H and O–H groups in total. The summed E-state index contributed by atoms with van der Waals surface area (Å²) in [6.07, 6.45) is 0. The molecular formula is C15H22F2N2O. The van der Waals surface area contributed by atoms with E-state index in [-0.39, 0.29) is 11.8 Å². The minimum absolute atomic E-state index is 0.0709. The molecule has 1 aromatic carbocycles. The molecule has 1 amide bonds. The number of likely N-dealkylation sites (N-methyl/N-ethyl adjacent to an activating group) is 1. The maximum absolute atomic E-state index is 13.1. The van der Waals surface area contributed by atoms with Crippen LogP contribution in [0.4, 0.5) is 8.78 Å². The SMILES string of the molecule is CC(C)N(C)CC(=O)NC[C@@H](C)c1ccc(F)c(F)c1. The Morgan fingerprint density at radius 3 is 2.45 bits per heavy atom. The Labute approximate surface area is 119 Å². The fourth-order valence-electron chi connectivity index (χ4n) is 1.67. The zero-order chi connectivity index (χ0) is 15.3. The van der Waals surface area contributed by atoms with E-state index in [1.54, 1.807) is 0 Å². The van der Waals surface area contributed by atoms with Crippen molar-refractivity contribution in [1.29, 1.82) is 0 Å². The molecule has 0 radical (unpaired) electrons. The summed E-state index contributed by atoms with van der Waals surface area (Å²) in [4.78, 5) is 13.7. The van der Waals surface area contributed by atoms with Gasteiger partial charge in [-0.15, -0.1) is 0 Å². The van der Waals surface area contributed by atoms with Gasteiger partial charge in [0.1, 0.15) is 0 Å². The Kier molecular flexibility index (Phi) is 6.07. The van der Waals surface area contributed by atoms with Crippen molar-refractivity contribution in [3.8, 4) is 0 Å². The molecule has 1 aromatic rings. The molecule has 0 saturated carbocycles. The van der Waals surface area contributed by atoms with E-state index in [4.69, 9.17) is 0 Å². The lowest BCUT2D eigenvalue weighted by Gasteiger charge is -2.21. The van der Waals surface area contributed by atoms with Crippen molar-refractivity contribution in [1.82, 2.24) is 10.2 Å². The summed E-state index contributed by atoms with van der Waals surface area (Å²) in [5.41, 5.74) is 0.668. The molecule has 0 aliphatic heterocycles. The number of benzene rings is 1. The molecule has 0 aliphatic rings. The quantitative estimate of drug-likeness (QED) is 0.870. The van der Waals surface area contributed by atoms with Crippen molar-refractivity contribution in [2.75, 3.05) is 20.1 Å². The molecule has 1 atom stereocenters. The fourth-order valence-corrected chi connectivity index (χ4v) is 1.67. The number of halogens is 2. The lowest BCUT2D eigenvalue weighted by atomic mass is 10.0. The molecule has 5 heteroatoms. The van der Waals surface area contributed by atoms with Crippen LogP contribution in [0.5, 0.6) is 0 Å². The topological polar surface area (TPSA) is 32.3 Å². The summed E-state index contributed by atoms with van der Waals surface area (Å²) in [5, 5.41) is 2.80. The monoisotopic (exact) mass is 284 g/mol. The second-order valence-corrected chi connectivity index (χ2v) is 5.39. The van der Waals surface area contributed by atoms with Crippen LogP contribution >= 0.6 is 0 Å². The van der Waals surface area contributed by atoms with Crippen LogP contribution in [0, 0.1) is 11.6 Å². The van der Waals surface area contributed by atoms with E-state index in [1.807, 2.05) is 32.7 Å². The second-order valence-electron chi connectivity index (χ2n) is 5.39. The van der Waals surface area contributed by atoms with E-state index in [9.17, 15) is 13.6 Å². The van der Waals surface area contributed by atoms with Gasteiger partial charge in [-0.05, 0) is 44.5 Å². The molecule has 20 heavy (non-hydrogen) atoms. The molecular weight excluding hydrogens is 262 g/mol. The van der Waals surface area contributed by atoms with Crippen LogP contribution in [-0.2, 0) is 4.79 Å². The minimum Gasteiger partial charge on any atom is -0.354 e. The van der Waals surface area contributed by atoms with Gasteiger partial charge in [0.25, 0.3) is 0 Å². The highest BCUT2D eigenvalue weighted by Crippen LogP contribution is 2.17. The van der Waals surface area contributed by atoms with Crippen molar-refractivity contribution in [3.05, 3.63) is 35.4 Å². The number of nitrogens with one attached hydrogen (secondary N) is 1. The summed E-state index contributed by atoms with van der Waals surface area (Å²) in [7, 11) is 1.88. The maximum Gasteiger partial charge on any atom is 0.234 e. The molecule has 0 saturated heterocycles. The van der Waals surface area contributed by atoms with Crippen molar-refractivity contribution >= 4 is 5.91 Å². The highest BCUT2D eigenvalue weighted by molar-refractivity contribution is 5.78. The third kappa shape index (κ3) is 4.89. The number of hydrogen-bond acceptors (Lipinski definition) is 2. The zero-order valence-corrected chi connectivity index (χ0v) is 12.4. The predicted molar refractivity (Wildman–Crippen MR) is 75.5 cm³/mol. The first kappa shape index (κ1) is 16.6. The summed E-state index contributed by atoms with van der Waals surface area (Å²) in [5.74, 6) is -1.86. The third-order valence-corrected chi connectivity index (χ3v) is 3.39. The smallest absolute Gasteiger partial charge is 0.234 e. The van der Waals surface area contributed by atoms with Gasteiger partial charge in [-0.1, -0.05) is 13.0 Å². The highest BCUT2D eigenvalue weighted by Gasteiger charge is 2.12. The lowest BCUT2D eigenvalue weighted by Crippen LogP contribution is -2.39. The molecule has 0 fully saturated rings. The Morgan fingerprint density at radius 2 is 1.90 bits per heavy atom. The van der Waals surface area contributed by atoms with Gasteiger partial charge in [-0.25, -0.2) is 8.78 Å². The summed E-state index contributed by atoms with van der Waals surface area (Å²) in [6.45, 7) is 6.60. The number of rotatable bonds is 6. The van der Waals surface area contributed by atoms with Gasteiger partial charge >= 0.3 is 0 Å². The van der Waals surface area contributed by atoms with Gasteiger partial charge in [-0.2, -0.15) is 0 Å². The fraction of sp³-hybridized carbons (Fsp3) is 0.533. The maximum atomic E-state index is 13.1. The number of carbonyl (C=O) groups excluding carboxylic acids is 1. The van der Waals surface area contributed by atoms with Crippen LogP contribution in [0.15, 0.2) is 18.2 Å². The molecule has 0 aliphatic carbocycles. The van der Waals surface area contributed by atoms with Crippen LogP contribution in [0.2, 0.25) is 0 Å². The highest BCUT2D eigenvalue weighted by atomic mass is 19.2. The lowest BCUT2D eigenvalue weighted by molar-refractivity contribution is -0.122. The van der Waals surface area contributed by atoms with E-state index in [1.165, 1.54) is 12.1 Å². The average Bonchev–Trinajstić information content (AvgIpc) is 2.39. The number of amides is 1. The van der Waals surface area contributed by atoms with Gasteiger partial charge in [0.15, 0.2) is 11.6 Å².